The molecule has 0 heterocycles. The smallest absolute Gasteiger partial charge is 0.265 e. The molecule has 3 heteroatoms. The normalized spacial score (nSPS) is 11.8. The van der Waals surface area contributed by atoms with Crippen LogP contribution in [-0.2, 0) is 4.79 Å². The van der Waals surface area contributed by atoms with Crippen molar-refractivity contribution in [1.29, 1.82) is 0 Å². The van der Waals surface area contributed by atoms with Gasteiger partial charge >= 0.3 is 0 Å². The van der Waals surface area contributed by atoms with E-state index in [2.05, 4.69) is 5.32 Å². The van der Waals surface area contributed by atoms with E-state index in [1.165, 1.54) is 0 Å². The van der Waals surface area contributed by atoms with Gasteiger partial charge in [-0.15, -0.1) is 0 Å². The van der Waals surface area contributed by atoms with E-state index >= 15 is 0 Å². The second-order valence-corrected chi connectivity index (χ2v) is 4.83. The third-order valence-corrected chi connectivity index (χ3v) is 3.15. The van der Waals surface area contributed by atoms with Crippen LogP contribution >= 0.6 is 0 Å². The molecule has 1 N–H and O–H groups in total. The summed E-state index contributed by atoms with van der Waals surface area (Å²) in [4.78, 5) is 12.2. The molecule has 2 rings (SSSR count). The number of nitrogens with one attached hydrogen (secondary N) is 1. The molecule has 1 amide bonds. The molecule has 1 atom stereocenters. The van der Waals surface area contributed by atoms with Crippen LogP contribution in [0.2, 0.25) is 0 Å². The minimum absolute atomic E-state index is 0.147. The number of rotatable bonds is 4. The molecule has 0 aliphatic heterocycles. The second-order valence-electron chi connectivity index (χ2n) is 4.83. The Hall–Kier alpha value is -2.29. The first-order valence-corrected chi connectivity index (χ1v) is 6.66. The minimum Gasteiger partial charge on any atom is -0.481 e. The van der Waals surface area contributed by atoms with Gasteiger partial charge in [-0.05, 0) is 44.0 Å². The van der Waals surface area contributed by atoms with Crippen LogP contribution < -0.4 is 10.1 Å². The minimum atomic E-state index is -0.545. The number of hydrogen-bond donors (Lipinski definition) is 1. The molecule has 0 fully saturated rings. The number of carbonyl (C=O) groups excluding carboxylic acids is 1. The summed E-state index contributed by atoms with van der Waals surface area (Å²) in [6.07, 6.45) is -0.545. The van der Waals surface area contributed by atoms with Crippen molar-refractivity contribution < 1.29 is 9.53 Å². The first kappa shape index (κ1) is 14.1. The average molecular weight is 269 g/mol. The SMILES string of the molecule is Cc1cccc(C)c1NC(=O)C(C)Oc1ccccc1. The molecule has 0 aliphatic rings. The molecule has 0 saturated carbocycles. The Bertz CT molecular complexity index is 573. The predicted octanol–water partition coefficient (Wildman–Crippen LogP) is 3.71. The van der Waals surface area contributed by atoms with E-state index in [-0.39, 0.29) is 5.91 Å². The van der Waals surface area contributed by atoms with Crippen LogP contribution in [0.25, 0.3) is 0 Å². The fourth-order valence-corrected chi connectivity index (χ4v) is 1.99. The molecule has 1 unspecified atom stereocenters. The van der Waals surface area contributed by atoms with Crippen LogP contribution in [0.15, 0.2) is 48.5 Å². The van der Waals surface area contributed by atoms with Gasteiger partial charge < -0.3 is 10.1 Å². The zero-order valence-electron chi connectivity index (χ0n) is 12.0. The Labute approximate surface area is 119 Å². The Morgan fingerprint density at radius 3 is 2.20 bits per heavy atom. The fourth-order valence-electron chi connectivity index (χ4n) is 1.99. The van der Waals surface area contributed by atoms with Crippen molar-refractivity contribution in [1.82, 2.24) is 0 Å². The molecule has 2 aromatic rings. The maximum atomic E-state index is 12.2. The molecular formula is C17H19NO2. The van der Waals surface area contributed by atoms with E-state index < -0.39 is 6.10 Å². The van der Waals surface area contributed by atoms with Gasteiger partial charge in [-0.3, -0.25) is 4.79 Å². The zero-order valence-corrected chi connectivity index (χ0v) is 12.0. The second kappa shape index (κ2) is 6.24. The first-order chi connectivity index (χ1) is 9.58. The van der Waals surface area contributed by atoms with Crippen molar-refractivity contribution in [3.8, 4) is 5.75 Å². The summed E-state index contributed by atoms with van der Waals surface area (Å²) >= 11 is 0. The molecule has 0 aromatic heterocycles. The van der Waals surface area contributed by atoms with E-state index in [0.717, 1.165) is 16.8 Å². The molecule has 0 spiro atoms. The van der Waals surface area contributed by atoms with Crippen LogP contribution in [0.4, 0.5) is 5.69 Å². The number of benzene rings is 2. The standard InChI is InChI=1S/C17H19NO2/c1-12-8-7-9-13(2)16(12)18-17(19)14(3)20-15-10-5-4-6-11-15/h4-11,14H,1-3H3,(H,18,19). The summed E-state index contributed by atoms with van der Waals surface area (Å²) in [5.41, 5.74) is 2.96. The molecule has 20 heavy (non-hydrogen) atoms. The zero-order chi connectivity index (χ0) is 14.5. The van der Waals surface area contributed by atoms with Crippen LogP contribution in [0.1, 0.15) is 18.1 Å². The maximum absolute atomic E-state index is 12.2. The van der Waals surface area contributed by atoms with Gasteiger partial charge in [0.25, 0.3) is 5.91 Å². The summed E-state index contributed by atoms with van der Waals surface area (Å²) < 4.78 is 5.62. The van der Waals surface area contributed by atoms with E-state index in [1.807, 2.05) is 62.4 Å². The van der Waals surface area contributed by atoms with Gasteiger partial charge in [-0.25, -0.2) is 0 Å². The monoisotopic (exact) mass is 269 g/mol. The molecule has 0 radical (unpaired) electrons. The van der Waals surface area contributed by atoms with Crippen molar-refractivity contribution in [2.24, 2.45) is 0 Å². The van der Waals surface area contributed by atoms with Crippen LogP contribution in [0, 0.1) is 13.8 Å². The summed E-state index contributed by atoms with van der Waals surface area (Å²) in [6.45, 7) is 5.70. The Morgan fingerprint density at radius 1 is 1.00 bits per heavy atom. The van der Waals surface area contributed by atoms with E-state index in [9.17, 15) is 4.79 Å². The van der Waals surface area contributed by atoms with Gasteiger partial charge in [0.2, 0.25) is 0 Å². The third-order valence-electron chi connectivity index (χ3n) is 3.15. The number of para-hydroxylation sites is 2. The lowest BCUT2D eigenvalue weighted by Crippen LogP contribution is -2.30. The summed E-state index contributed by atoms with van der Waals surface area (Å²) in [5.74, 6) is 0.544. The molecule has 0 bridgehead atoms. The van der Waals surface area contributed by atoms with Gasteiger partial charge in [0.05, 0.1) is 0 Å². The highest BCUT2D eigenvalue weighted by Gasteiger charge is 2.16. The number of carbonyl (C=O) groups is 1. The largest absolute Gasteiger partial charge is 0.481 e. The molecule has 0 saturated heterocycles. The van der Waals surface area contributed by atoms with Crippen molar-refractivity contribution in [2.45, 2.75) is 26.9 Å². The number of aryl methyl sites for hydroxylation is 2. The van der Waals surface area contributed by atoms with Crippen molar-refractivity contribution >= 4 is 11.6 Å². The highest BCUT2D eigenvalue weighted by atomic mass is 16.5. The Kier molecular flexibility index (Phi) is 4.41. The third kappa shape index (κ3) is 3.38. The van der Waals surface area contributed by atoms with Crippen molar-refractivity contribution in [2.75, 3.05) is 5.32 Å². The summed E-state index contributed by atoms with van der Waals surface area (Å²) in [6, 6.07) is 15.3. The van der Waals surface area contributed by atoms with E-state index in [4.69, 9.17) is 4.74 Å². The number of amides is 1. The molecule has 104 valence electrons. The van der Waals surface area contributed by atoms with Gasteiger partial charge in [-0.1, -0.05) is 36.4 Å². The van der Waals surface area contributed by atoms with Crippen LogP contribution in [0.5, 0.6) is 5.75 Å². The number of hydrogen-bond acceptors (Lipinski definition) is 2. The Balaban J connectivity index is 2.05. The molecule has 3 nitrogen and oxygen atoms in total. The lowest BCUT2D eigenvalue weighted by molar-refractivity contribution is -0.122. The topological polar surface area (TPSA) is 38.3 Å². The fraction of sp³-hybridized carbons (Fsp3) is 0.235. The number of ether oxygens (including phenoxy) is 1. The summed E-state index contributed by atoms with van der Waals surface area (Å²) in [7, 11) is 0. The molecular weight excluding hydrogens is 250 g/mol. The number of anilines is 1. The maximum Gasteiger partial charge on any atom is 0.265 e. The van der Waals surface area contributed by atoms with Gasteiger partial charge in [0.1, 0.15) is 5.75 Å². The lowest BCUT2D eigenvalue weighted by Gasteiger charge is -2.17. The molecule has 0 aliphatic carbocycles. The van der Waals surface area contributed by atoms with Crippen LogP contribution in [-0.4, -0.2) is 12.0 Å². The van der Waals surface area contributed by atoms with E-state index in [0.29, 0.717) is 5.75 Å². The van der Waals surface area contributed by atoms with Crippen molar-refractivity contribution in [3.63, 3.8) is 0 Å². The quantitative estimate of drug-likeness (QED) is 0.919. The van der Waals surface area contributed by atoms with Crippen molar-refractivity contribution in [3.05, 3.63) is 59.7 Å². The molecule has 2 aromatic carbocycles. The van der Waals surface area contributed by atoms with Gasteiger partial charge in [-0.2, -0.15) is 0 Å². The lowest BCUT2D eigenvalue weighted by atomic mass is 10.1. The predicted molar refractivity (Wildman–Crippen MR) is 81.1 cm³/mol. The highest BCUT2D eigenvalue weighted by Crippen LogP contribution is 2.20. The van der Waals surface area contributed by atoms with Gasteiger partial charge in [0.15, 0.2) is 6.10 Å². The summed E-state index contributed by atoms with van der Waals surface area (Å²) in [5, 5.41) is 2.93. The van der Waals surface area contributed by atoms with E-state index in [1.54, 1.807) is 6.92 Å². The average Bonchev–Trinajstić information content (AvgIpc) is 2.44. The highest BCUT2D eigenvalue weighted by molar-refractivity contribution is 5.95. The first-order valence-electron chi connectivity index (χ1n) is 6.66. The van der Waals surface area contributed by atoms with Crippen LogP contribution in [0.3, 0.4) is 0 Å². The Morgan fingerprint density at radius 2 is 1.60 bits per heavy atom. The van der Waals surface area contributed by atoms with Gasteiger partial charge in [0, 0.05) is 5.69 Å².